The molecule has 0 aromatic rings. The fraction of sp³-hybridized carbons (Fsp3) is 0.870. The number of hydrogen-bond acceptors (Lipinski definition) is 2. The molecule has 0 bridgehead atoms. The lowest BCUT2D eigenvalue weighted by atomic mass is 9.69. The highest BCUT2D eigenvalue weighted by Gasteiger charge is 2.50. The van der Waals surface area contributed by atoms with E-state index in [1.54, 1.807) is 5.57 Å². The average molecular weight is 392 g/mol. The van der Waals surface area contributed by atoms with Gasteiger partial charge >= 0.3 is 0 Å². The van der Waals surface area contributed by atoms with Crippen molar-refractivity contribution in [3.05, 3.63) is 11.6 Å². The Kier molecular flexibility index (Phi) is 7.24. The third-order valence-electron chi connectivity index (χ3n) is 7.81. The zero-order valence-electron chi connectivity index (χ0n) is 18.0. The maximum Gasteiger partial charge on any atom is 0.222 e. The highest BCUT2D eigenvalue weighted by molar-refractivity contribution is 6.73. The van der Waals surface area contributed by atoms with E-state index in [0.717, 1.165) is 19.5 Å². The van der Waals surface area contributed by atoms with Crippen LogP contribution in [-0.2, 0) is 9.22 Å². The predicted molar refractivity (Wildman–Crippen MR) is 115 cm³/mol. The second kappa shape index (κ2) is 9.26. The van der Waals surface area contributed by atoms with Crippen LogP contribution in [0.4, 0.5) is 0 Å². The molecule has 1 amide bonds. The molecule has 3 rings (SSSR count). The molecule has 0 spiro atoms. The van der Waals surface area contributed by atoms with Crippen LogP contribution in [0, 0.1) is 5.92 Å². The van der Waals surface area contributed by atoms with Crippen LogP contribution >= 0.6 is 0 Å². The van der Waals surface area contributed by atoms with Gasteiger partial charge < -0.3 is 9.33 Å². The summed E-state index contributed by atoms with van der Waals surface area (Å²) in [5, 5.41) is 0. The molecule has 1 aliphatic heterocycles. The van der Waals surface area contributed by atoms with E-state index < -0.39 is 8.32 Å². The van der Waals surface area contributed by atoms with Crippen molar-refractivity contribution in [1.82, 2.24) is 4.90 Å². The van der Waals surface area contributed by atoms with Gasteiger partial charge in [-0.25, -0.2) is 0 Å². The number of amides is 1. The van der Waals surface area contributed by atoms with E-state index in [-0.39, 0.29) is 5.60 Å². The molecule has 0 aromatic heterocycles. The fourth-order valence-corrected chi connectivity index (χ4v) is 8.93. The average Bonchev–Trinajstić information content (AvgIpc) is 3.42. The van der Waals surface area contributed by atoms with Crippen LogP contribution in [-0.4, -0.2) is 37.8 Å². The number of likely N-dealkylation sites (tertiary alicyclic amines) is 1. The molecule has 2 aliphatic carbocycles. The Morgan fingerprint density at radius 2 is 1.81 bits per heavy atom. The monoisotopic (exact) mass is 391 g/mol. The molecule has 3 nitrogen and oxygen atoms in total. The molecule has 1 heterocycles. The van der Waals surface area contributed by atoms with Crippen molar-refractivity contribution < 1.29 is 9.22 Å². The Balaban J connectivity index is 1.89. The van der Waals surface area contributed by atoms with Gasteiger partial charge in [-0.05, 0) is 74.6 Å². The largest absolute Gasteiger partial charge is 0.407 e. The summed E-state index contributed by atoms with van der Waals surface area (Å²) in [5.41, 5.74) is 1.44. The molecule has 4 heteroatoms. The van der Waals surface area contributed by atoms with E-state index in [4.69, 9.17) is 4.43 Å². The second-order valence-corrected chi connectivity index (χ2v) is 13.8. The molecule has 1 saturated heterocycles. The van der Waals surface area contributed by atoms with Gasteiger partial charge in [-0.2, -0.15) is 0 Å². The van der Waals surface area contributed by atoms with Gasteiger partial charge in [-0.3, -0.25) is 4.79 Å². The molecule has 2 fully saturated rings. The molecule has 27 heavy (non-hydrogen) atoms. The molecular weight excluding hydrogens is 350 g/mol. The molecule has 154 valence electrons. The molecule has 0 unspecified atom stereocenters. The smallest absolute Gasteiger partial charge is 0.222 e. The SMILES string of the molecule is CC[Si](CC)(CC)O[C@]1(C2=CCCC2)CCCC[C@@H]1CC(=O)N1CCCC1. The van der Waals surface area contributed by atoms with Gasteiger partial charge in [-0.1, -0.05) is 39.7 Å². The summed E-state index contributed by atoms with van der Waals surface area (Å²) < 4.78 is 7.37. The number of allylic oxidation sites excluding steroid dienone is 1. The van der Waals surface area contributed by atoms with Gasteiger partial charge in [0, 0.05) is 19.5 Å². The van der Waals surface area contributed by atoms with Gasteiger partial charge in [0.2, 0.25) is 5.91 Å². The number of carbonyl (C=O) groups is 1. The molecule has 2 atom stereocenters. The first kappa shape index (κ1) is 21.1. The number of carbonyl (C=O) groups excluding carboxylic acids is 1. The van der Waals surface area contributed by atoms with Crippen molar-refractivity contribution in [2.24, 2.45) is 5.92 Å². The first-order chi connectivity index (χ1) is 13.1. The van der Waals surface area contributed by atoms with Gasteiger partial charge in [0.25, 0.3) is 0 Å². The number of nitrogens with zero attached hydrogens (tertiary/aromatic N) is 1. The van der Waals surface area contributed by atoms with Crippen LogP contribution in [0.25, 0.3) is 0 Å². The first-order valence-corrected chi connectivity index (χ1v) is 14.3. The minimum atomic E-state index is -1.73. The van der Waals surface area contributed by atoms with Crippen LogP contribution in [0.2, 0.25) is 18.1 Å². The summed E-state index contributed by atoms with van der Waals surface area (Å²) >= 11 is 0. The molecule has 3 aliphatic rings. The maximum atomic E-state index is 13.1. The standard InChI is InChI=1S/C23H41NO2Si/c1-4-27(5-2,6-3)26-23(20-13-7-8-14-20)16-10-9-15-21(23)19-22(25)24-17-11-12-18-24/h13,21H,4-12,14-19H2,1-3H3/t21-,23+/m1/s1. The van der Waals surface area contributed by atoms with Crippen LogP contribution in [0.3, 0.4) is 0 Å². The van der Waals surface area contributed by atoms with Gasteiger partial charge in [-0.15, -0.1) is 0 Å². The molecule has 0 N–H and O–H groups in total. The number of rotatable bonds is 8. The first-order valence-electron chi connectivity index (χ1n) is 11.8. The fourth-order valence-electron chi connectivity index (χ4n) is 5.82. The minimum Gasteiger partial charge on any atom is -0.407 e. The van der Waals surface area contributed by atoms with Gasteiger partial charge in [0.1, 0.15) is 0 Å². The van der Waals surface area contributed by atoms with Crippen molar-refractivity contribution in [2.45, 2.75) is 109 Å². The van der Waals surface area contributed by atoms with Gasteiger partial charge in [0.05, 0.1) is 5.60 Å². The second-order valence-electron chi connectivity index (χ2n) is 9.09. The Hall–Kier alpha value is -0.613. The summed E-state index contributed by atoms with van der Waals surface area (Å²) in [6, 6.07) is 3.59. The van der Waals surface area contributed by atoms with E-state index in [1.165, 1.54) is 69.5 Å². The third-order valence-corrected chi connectivity index (χ3v) is 12.5. The van der Waals surface area contributed by atoms with Crippen LogP contribution in [0.15, 0.2) is 11.6 Å². The predicted octanol–water partition coefficient (Wildman–Crippen LogP) is 6.06. The highest BCUT2D eigenvalue weighted by atomic mass is 28.4. The van der Waals surface area contributed by atoms with Crippen molar-refractivity contribution >= 4 is 14.2 Å². The zero-order valence-corrected chi connectivity index (χ0v) is 19.0. The Morgan fingerprint density at radius 1 is 1.11 bits per heavy atom. The van der Waals surface area contributed by atoms with E-state index in [1.807, 2.05) is 0 Å². The molecular formula is C23H41NO2Si. The van der Waals surface area contributed by atoms with Crippen LogP contribution < -0.4 is 0 Å². The Bertz CT molecular complexity index is 528. The lowest BCUT2D eigenvalue weighted by Gasteiger charge is -2.51. The molecule has 0 aromatic carbocycles. The number of hydrogen-bond donors (Lipinski definition) is 0. The summed E-state index contributed by atoms with van der Waals surface area (Å²) in [5.74, 6) is 0.781. The van der Waals surface area contributed by atoms with E-state index in [2.05, 4.69) is 31.7 Å². The lowest BCUT2D eigenvalue weighted by molar-refractivity contribution is -0.133. The summed E-state index contributed by atoms with van der Waals surface area (Å²) in [7, 11) is -1.73. The van der Waals surface area contributed by atoms with E-state index in [9.17, 15) is 4.79 Å². The lowest BCUT2D eigenvalue weighted by Crippen LogP contribution is -2.54. The maximum absolute atomic E-state index is 13.1. The Morgan fingerprint density at radius 3 is 2.41 bits per heavy atom. The topological polar surface area (TPSA) is 29.5 Å². The third kappa shape index (κ3) is 4.37. The molecule has 1 saturated carbocycles. The zero-order chi connectivity index (χ0) is 19.3. The summed E-state index contributed by atoms with van der Waals surface area (Å²) in [6.45, 7) is 8.95. The summed E-state index contributed by atoms with van der Waals surface area (Å²) in [4.78, 5) is 15.2. The van der Waals surface area contributed by atoms with Crippen molar-refractivity contribution in [2.75, 3.05) is 13.1 Å². The van der Waals surface area contributed by atoms with Gasteiger partial charge in [0.15, 0.2) is 8.32 Å². The minimum absolute atomic E-state index is 0.127. The quantitative estimate of drug-likeness (QED) is 0.372. The van der Waals surface area contributed by atoms with Crippen LogP contribution in [0.1, 0.15) is 85.0 Å². The van der Waals surface area contributed by atoms with Crippen molar-refractivity contribution in [3.63, 3.8) is 0 Å². The summed E-state index contributed by atoms with van der Waals surface area (Å²) in [6.07, 6.45) is 14.0. The van der Waals surface area contributed by atoms with E-state index >= 15 is 0 Å². The van der Waals surface area contributed by atoms with E-state index in [0.29, 0.717) is 18.2 Å². The van der Waals surface area contributed by atoms with Crippen LogP contribution in [0.5, 0.6) is 0 Å². The highest BCUT2D eigenvalue weighted by Crippen LogP contribution is 2.50. The molecule has 0 radical (unpaired) electrons. The van der Waals surface area contributed by atoms with Crippen molar-refractivity contribution in [3.8, 4) is 0 Å². The normalized spacial score (nSPS) is 29.2. The Labute approximate surface area is 168 Å². The van der Waals surface area contributed by atoms with Crippen molar-refractivity contribution in [1.29, 1.82) is 0 Å².